The maximum atomic E-state index is 12.2. The van der Waals surface area contributed by atoms with Gasteiger partial charge in [-0.3, -0.25) is 4.79 Å². The first kappa shape index (κ1) is 14.9. The highest BCUT2D eigenvalue weighted by Gasteiger charge is 2.16. The van der Waals surface area contributed by atoms with Crippen LogP contribution in [-0.2, 0) is 10.0 Å². The molecule has 0 atom stereocenters. The molecule has 1 aromatic carbocycles. The summed E-state index contributed by atoms with van der Waals surface area (Å²) in [6.45, 7) is 0. The number of aldehydes is 1. The maximum Gasteiger partial charge on any atom is 0.264 e. The molecule has 0 amide bonds. The van der Waals surface area contributed by atoms with E-state index in [4.69, 9.17) is 4.42 Å². The predicted molar refractivity (Wildman–Crippen MR) is 82.4 cm³/mol. The van der Waals surface area contributed by atoms with Gasteiger partial charge in [0, 0.05) is 18.0 Å². The van der Waals surface area contributed by atoms with Gasteiger partial charge in [-0.15, -0.1) is 0 Å². The van der Waals surface area contributed by atoms with E-state index in [-0.39, 0.29) is 16.6 Å². The largest absolute Gasteiger partial charge is 0.453 e. The molecule has 0 saturated heterocycles. The number of anilines is 1. The summed E-state index contributed by atoms with van der Waals surface area (Å²) in [4.78, 5) is 18.3. The number of sulfonamides is 1. The van der Waals surface area contributed by atoms with Gasteiger partial charge in [-0.05, 0) is 42.5 Å². The topological polar surface area (TPSA) is 102 Å². The van der Waals surface area contributed by atoms with E-state index in [0.29, 0.717) is 17.6 Å². The second-order valence-electron chi connectivity index (χ2n) is 4.52. The lowest BCUT2D eigenvalue weighted by Gasteiger charge is -2.06. The van der Waals surface area contributed by atoms with Crippen LogP contribution >= 0.6 is 0 Å². The van der Waals surface area contributed by atoms with Crippen molar-refractivity contribution in [2.75, 3.05) is 4.72 Å². The highest BCUT2D eigenvalue weighted by Crippen LogP contribution is 2.23. The molecule has 0 saturated carbocycles. The first-order valence-electron chi connectivity index (χ1n) is 6.54. The van der Waals surface area contributed by atoms with Crippen molar-refractivity contribution in [1.82, 2.24) is 9.97 Å². The zero-order valence-electron chi connectivity index (χ0n) is 11.7. The number of carbonyl (C=O) groups is 1. The van der Waals surface area contributed by atoms with E-state index in [1.165, 1.54) is 24.5 Å². The van der Waals surface area contributed by atoms with Crippen LogP contribution in [0, 0.1) is 0 Å². The minimum absolute atomic E-state index is 0.00163. The van der Waals surface area contributed by atoms with Crippen LogP contribution < -0.4 is 4.72 Å². The van der Waals surface area contributed by atoms with Crippen LogP contribution in [-0.4, -0.2) is 24.7 Å². The first-order valence-corrected chi connectivity index (χ1v) is 8.02. The van der Waals surface area contributed by atoms with Crippen LogP contribution in [0.3, 0.4) is 0 Å². The van der Waals surface area contributed by atoms with E-state index in [2.05, 4.69) is 14.7 Å². The van der Waals surface area contributed by atoms with Crippen molar-refractivity contribution >= 4 is 22.3 Å². The molecule has 2 aromatic heterocycles. The quantitative estimate of drug-likeness (QED) is 0.721. The first-order chi connectivity index (χ1) is 11.1. The van der Waals surface area contributed by atoms with Crippen molar-refractivity contribution in [3.8, 4) is 11.3 Å². The fraction of sp³-hybridized carbons (Fsp3) is 0. The molecule has 0 unspecified atom stereocenters. The molecule has 0 aliphatic carbocycles. The van der Waals surface area contributed by atoms with E-state index in [0.717, 1.165) is 0 Å². The van der Waals surface area contributed by atoms with Crippen molar-refractivity contribution in [1.29, 1.82) is 0 Å². The second kappa shape index (κ2) is 6.01. The number of carbonyl (C=O) groups excluding carboxylic acids is 1. The Morgan fingerprint density at radius 3 is 2.30 bits per heavy atom. The molecular weight excluding hydrogens is 318 g/mol. The van der Waals surface area contributed by atoms with Crippen LogP contribution in [0.4, 0.5) is 5.95 Å². The molecule has 3 rings (SSSR count). The summed E-state index contributed by atoms with van der Waals surface area (Å²) in [7, 11) is -3.77. The molecule has 0 spiro atoms. The van der Waals surface area contributed by atoms with E-state index in [1.807, 2.05) is 0 Å². The van der Waals surface area contributed by atoms with Crippen LogP contribution in [0.25, 0.3) is 11.3 Å². The Morgan fingerprint density at radius 2 is 1.70 bits per heavy atom. The minimum atomic E-state index is -3.77. The van der Waals surface area contributed by atoms with Crippen molar-refractivity contribution < 1.29 is 17.6 Å². The van der Waals surface area contributed by atoms with Gasteiger partial charge in [-0.25, -0.2) is 23.1 Å². The summed E-state index contributed by atoms with van der Waals surface area (Å²) >= 11 is 0. The van der Waals surface area contributed by atoms with Gasteiger partial charge >= 0.3 is 0 Å². The molecule has 116 valence electrons. The maximum absolute atomic E-state index is 12.2. The average Bonchev–Trinajstić information content (AvgIpc) is 3.05. The molecule has 0 fully saturated rings. The monoisotopic (exact) mass is 329 g/mol. The lowest BCUT2D eigenvalue weighted by molar-refractivity contribution is 0.110. The highest BCUT2D eigenvalue weighted by molar-refractivity contribution is 7.92. The molecule has 7 nitrogen and oxygen atoms in total. The molecule has 3 aromatic rings. The summed E-state index contributed by atoms with van der Waals surface area (Å²) in [5, 5.41) is 0. The number of benzene rings is 1. The molecule has 0 bridgehead atoms. The van der Waals surface area contributed by atoms with Crippen molar-refractivity contribution in [2.24, 2.45) is 0 Å². The molecule has 0 aliphatic heterocycles. The summed E-state index contributed by atoms with van der Waals surface area (Å²) in [5.74, 6) is 0.688. The highest BCUT2D eigenvalue weighted by atomic mass is 32.2. The lowest BCUT2D eigenvalue weighted by atomic mass is 10.2. The van der Waals surface area contributed by atoms with Crippen molar-refractivity contribution in [3.05, 3.63) is 60.6 Å². The van der Waals surface area contributed by atoms with E-state index in [1.54, 1.807) is 30.3 Å². The Labute approximate surface area is 132 Å². The number of nitrogens with zero attached hydrogens (tertiary/aromatic N) is 2. The fourth-order valence-corrected chi connectivity index (χ4v) is 2.86. The molecule has 0 aliphatic rings. The van der Waals surface area contributed by atoms with Crippen molar-refractivity contribution in [2.45, 2.75) is 4.90 Å². The SMILES string of the molecule is O=Cc1ccc(-c2ccc(S(=O)(=O)Nc3ncccn3)cc2)o1. The number of rotatable bonds is 5. The number of furan rings is 1. The zero-order valence-corrected chi connectivity index (χ0v) is 12.5. The second-order valence-corrected chi connectivity index (χ2v) is 6.20. The Balaban J connectivity index is 1.85. The van der Waals surface area contributed by atoms with E-state index >= 15 is 0 Å². The minimum Gasteiger partial charge on any atom is -0.453 e. The number of hydrogen-bond donors (Lipinski definition) is 1. The van der Waals surface area contributed by atoms with Gasteiger partial charge in [0.2, 0.25) is 5.95 Å². The van der Waals surface area contributed by atoms with Crippen molar-refractivity contribution in [3.63, 3.8) is 0 Å². The summed E-state index contributed by atoms with van der Waals surface area (Å²) in [6.07, 6.45) is 3.48. The van der Waals surface area contributed by atoms with Crippen LogP contribution in [0.5, 0.6) is 0 Å². The molecule has 23 heavy (non-hydrogen) atoms. The number of hydrogen-bond acceptors (Lipinski definition) is 6. The Kier molecular flexibility index (Phi) is 3.90. The summed E-state index contributed by atoms with van der Waals surface area (Å²) in [6, 6.07) is 10.8. The third kappa shape index (κ3) is 3.27. The normalized spacial score (nSPS) is 11.1. The van der Waals surface area contributed by atoms with Gasteiger partial charge in [0.25, 0.3) is 10.0 Å². The average molecular weight is 329 g/mol. The van der Waals surface area contributed by atoms with Gasteiger partial charge in [-0.1, -0.05) is 0 Å². The third-order valence-electron chi connectivity index (χ3n) is 2.98. The fourth-order valence-electron chi connectivity index (χ4n) is 1.90. The Bertz CT molecular complexity index is 919. The lowest BCUT2D eigenvalue weighted by Crippen LogP contribution is -2.14. The Morgan fingerprint density at radius 1 is 1.00 bits per heavy atom. The van der Waals surface area contributed by atoms with Gasteiger partial charge < -0.3 is 4.42 Å². The number of aromatic nitrogens is 2. The summed E-state index contributed by atoms with van der Waals surface area (Å²) < 4.78 is 32.1. The van der Waals surface area contributed by atoms with Gasteiger partial charge in [0.15, 0.2) is 12.0 Å². The van der Waals surface area contributed by atoms with Crippen LogP contribution in [0.2, 0.25) is 0 Å². The third-order valence-corrected chi connectivity index (χ3v) is 4.33. The summed E-state index contributed by atoms with van der Waals surface area (Å²) in [5.41, 5.74) is 0.660. The van der Waals surface area contributed by atoms with E-state index in [9.17, 15) is 13.2 Å². The molecular formula is C15H11N3O4S. The van der Waals surface area contributed by atoms with E-state index < -0.39 is 10.0 Å². The number of nitrogens with one attached hydrogen (secondary N) is 1. The molecule has 0 radical (unpaired) electrons. The zero-order chi connectivity index (χ0) is 16.3. The predicted octanol–water partition coefficient (Wildman–Crippen LogP) is 2.35. The van der Waals surface area contributed by atoms with Gasteiger partial charge in [-0.2, -0.15) is 0 Å². The van der Waals surface area contributed by atoms with Crippen LogP contribution in [0.1, 0.15) is 10.6 Å². The Hall–Kier alpha value is -3.00. The standard InChI is InChI=1S/C15H11N3O4S/c19-10-12-4-7-14(22-12)11-2-5-13(6-3-11)23(20,21)18-15-16-8-1-9-17-15/h1-10H,(H,16,17,18). The molecule has 8 heteroatoms. The molecule has 1 N–H and O–H groups in total. The molecule has 2 heterocycles. The van der Waals surface area contributed by atoms with Gasteiger partial charge in [0.1, 0.15) is 5.76 Å². The van der Waals surface area contributed by atoms with Crippen LogP contribution in [0.15, 0.2) is 64.2 Å². The van der Waals surface area contributed by atoms with Gasteiger partial charge in [0.05, 0.1) is 4.90 Å². The smallest absolute Gasteiger partial charge is 0.264 e.